The van der Waals surface area contributed by atoms with Gasteiger partial charge in [-0.2, -0.15) is 13.2 Å². The summed E-state index contributed by atoms with van der Waals surface area (Å²) in [7, 11) is 1.11. The van der Waals surface area contributed by atoms with Crippen LogP contribution in [-0.2, 0) is 6.18 Å². The van der Waals surface area contributed by atoms with Crippen molar-refractivity contribution in [2.75, 3.05) is 7.11 Å². The maximum absolute atomic E-state index is 12.6. The standard InChI is InChI=1S/C12H10F3NO2/c1-7-4-3-5-8(6-7)10-16-9(12(13,14)15)11(17-2)18-10/h3-6H,1-2H3. The number of aryl methyl sites for hydroxylation is 1. The van der Waals surface area contributed by atoms with Crippen LogP contribution in [0.25, 0.3) is 11.5 Å². The molecule has 0 amide bonds. The van der Waals surface area contributed by atoms with Gasteiger partial charge in [0, 0.05) is 5.56 Å². The van der Waals surface area contributed by atoms with E-state index in [1.54, 1.807) is 18.2 Å². The van der Waals surface area contributed by atoms with Crippen molar-refractivity contribution < 1.29 is 22.3 Å². The summed E-state index contributed by atoms with van der Waals surface area (Å²) in [6, 6.07) is 6.85. The van der Waals surface area contributed by atoms with Crippen LogP contribution in [0.15, 0.2) is 28.7 Å². The molecule has 0 saturated carbocycles. The Morgan fingerprint density at radius 1 is 1.28 bits per heavy atom. The van der Waals surface area contributed by atoms with E-state index in [2.05, 4.69) is 9.72 Å². The van der Waals surface area contributed by atoms with Crippen molar-refractivity contribution in [3.63, 3.8) is 0 Å². The van der Waals surface area contributed by atoms with Gasteiger partial charge < -0.3 is 9.15 Å². The van der Waals surface area contributed by atoms with Crippen molar-refractivity contribution in [2.24, 2.45) is 0 Å². The van der Waals surface area contributed by atoms with Crippen LogP contribution >= 0.6 is 0 Å². The van der Waals surface area contributed by atoms with E-state index in [1.807, 2.05) is 13.0 Å². The van der Waals surface area contributed by atoms with Crippen molar-refractivity contribution >= 4 is 0 Å². The lowest BCUT2D eigenvalue weighted by atomic mass is 10.1. The number of alkyl halides is 3. The third-order valence-corrected chi connectivity index (χ3v) is 2.31. The minimum Gasteiger partial charge on any atom is -0.467 e. The Morgan fingerprint density at radius 3 is 2.50 bits per heavy atom. The van der Waals surface area contributed by atoms with Crippen LogP contribution in [-0.4, -0.2) is 12.1 Å². The summed E-state index contributed by atoms with van der Waals surface area (Å²) < 4.78 is 47.5. The van der Waals surface area contributed by atoms with Crippen LogP contribution in [0.5, 0.6) is 5.95 Å². The van der Waals surface area contributed by atoms with E-state index in [0.29, 0.717) is 5.56 Å². The molecular formula is C12H10F3NO2. The molecule has 2 rings (SSSR count). The molecule has 0 atom stereocenters. The van der Waals surface area contributed by atoms with Gasteiger partial charge in [0.1, 0.15) is 0 Å². The first-order valence-corrected chi connectivity index (χ1v) is 5.11. The largest absolute Gasteiger partial charge is 0.467 e. The predicted molar refractivity (Wildman–Crippen MR) is 58.2 cm³/mol. The first-order valence-electron chi connectivity index (χ1n) is 5.11. The zero-order chi connectivity index (χ0) is 13.3. The van der Waals surface area contributed by atoms with Gasteiger partial charge in [0.2, 0.25) is 11.6 Å². The third kappa shape index (κ3) is 2.32. The molecule has 0 saturated heterocycles. The lowest BCUT2D eigenvalue weighted by Crippen LogP contribution is -2.07. The summed E-state index contributed by atoms with van der Waals surface area (Å²) in [6.45, 7) is 1.83. The third-order valence-electron chi connectivity index (χ3n) is 2.31. The molecule has 18 heavy (non-hydrogen) atoms. The Bertz CT molecular complexity index is 561. The molecule has 6 heteroatoms. The zero-order valence-corrected chi connectivity index (χ0v) is 9.71. The van der Waals surface area contributed by atoms with E-state index in [4.69, 9.17) is 4.42 Å². The van der Waals surface area contributed by atoms with Gasteiger partial charge in [0.05, 0.1) is 7.11 Å². The molecule has 1 heterocycles. The molecule has 0 aliphatic heterocycles. The van der Waals surface area contributed by atoms with Crippen LogP contribution in [0.3, 0.4) is 0 Å². The zero-order valence-electron chi connectivity index (χ0n) is 9.71. The van der Waals surface area contributed by atoms with Gasteiger partial charge in [-0.15, -0.1) is 0 Å². The van der Waals surface area contributed by atoms with Crippen molar-refractivity contribution in [2.45, 2.75) is 13.1 Å². The summed E-state index contributed by atoms with van der Waals surface area (Å²) in [4.78, 5) is 3.45. The Morgan fingerprint density at radius 2 is 2.00 bits per heavy atom. The number of hydrogen-bond donors (Lipinski definition) is 0. The highest BCUT2D eigenvalue weighted by molar-refractivity contribution is 5.55. The fraction of sp³-hybridized carbons (Fsp3) is 0.250. The van der Waals surface area contributed by atoms with Crippen molar-refractivity contribution in [3.05, 3.63) is 35.5 Å². The average Bonchev–Trinajstić information content (AvgIpc) is 2.72. The maximum Gasteiger partial charge on any atom is 0.440 e. The Kier molecular flexibility index (Phi) is 3.02. The maximum atomic E-state index is 12.6. The van der Waals surface area contributed by atoms with Crippen LogP contribution in [0.2, 0.25) is 0 Å². The minimum absolute atomic E-state index is 0.108. The van der Waals surface area contributed by atoms with Crippen molar-refractivity contribution in [1.29, 1.82) is 0 Å². The molecule has 0 spiro atoms. The second kappa shape index (κ2) is 4.36. The number of benzene rings is 1. The molecule has 3 nitrogen and oxygen atoms in total. The van der Waals surface area contributed by atoms with Crippen molar-refractivity contribution in [3.8, 4) is 17.4 Å². The lowest BCUT2D eigenvalue weighted by molar-refractivity contribution is -0.142. The van der Waals surface area contributed by atoms with E-state index in [0.717, 1.165) is 12.7 Å². The second-order valence-corrected chi connectivity index (χ2v) is 3.73. The van der Waals surface area contributed by atoms with E-state index >= 15 is 0 Å². The minimum atomic E-state index is -4.60. The lowest BCUT2D eigenvalue weighted by Gasteiger charge is -2.01. The van der Waals surface area contributed by atoms with E-state index in [1.165, 1.54) is 0 Å². The molecule has 2 aromatic rings. The molecule has 1 aromatic carbocycles. The molecule has 0 radical (unpaired) electrons. The SMILES string of the molecule is COc1oc(-c2cccc(C)c2)nc1C(F)(F)F. The Labute approximate surface area is 101 Å². The van der Waals surface area contributed by atoms with Crippen LogP contribution in [0.4, 0.5) is 13.2 Å². The smallest absolute Gasteiger partial charge is 0.440 e. The highest BCUT2D eigenvalue weighted by Crippen LogP contribution is 2.38. The summed E-state index contributed by atoms with van der Waals surface area (Å²) in [6.07, 6.45) is -4.60. The van der Waals surface area contributed by atoms with Gasteiger partial charge in [0.25, 0.3) is 0 Å². The van der Waals surface area contributed by atoms with Gasteiger partial charge in [0.15, 0.2) is 0 Å². The summed E-state index contributed by atoms with van der Waals surface area (Å²) in [5, 5.41) is 0. The molecule has 0 aliphatic rings. The summed E-state index contributed by atoms with van der Waals surface area (Å²) in [5.74, 6) is -0.734. The normalized spacial score (nSPS) is 11.6. The topological polar surface area (TPSA) is 35.3 Å². The molecular weight excluding hydrogens is 247 g/mol. The molecule has 96 valence electrons. The Hall–Kier alpha value is -1.98. The number of hydrogen-bond acceptors (Lipinski definition) is 3. The number of nitrogens with zero attached hydrogens (tertiary/aromatic N) is 1. The van der Waals surface area contributed by atoms with Crippen LogP contribution in [0, 0.1) is 6.92 Å². The van der Waals surface area contributed by atoms with Crippen LogP contribution < -0.4 is 4.74 Å². The van der Waals surface area contributed by atoms with E-state index in [9.17, 15) is 13.2 Å². The van der Waals surface area contributed by atoms with Crippen molar-refractivity contribution in [1.82, 2.24) is 4.98 Å². The monoisotopic (exact) mass is 257 g/mol. The van der Waals surface area contributed by atoms with Gasteiger partial charge in [-0.05, 0) is 19.1 Å². The quantitative estimate of drug-likeness (QED) is 0.823. The fourth-order valence-corrected chi connectivity index (χ4v) is 1.53. The number of rotatable bonds is 2. The number of oxazole rings is 1. The summed E-state index contributed by atoms with van der Waals surface area (Å²) >= 11 is 0. The number of halogens is 3. The first-order chi connectivity index (χ1) is 8.41. The van der Waals surface area contributed by atoms with Gasteiger partial charge in [-0.3, -0.25) is 0 Å². The average molecular weight is 257 g/mol. The van der Waals surface area contributed by atoms with Gasteiger partial charge >= 0.3 is 12.1 Å². The second-order valence-electron chi connectivity index (χ2n) is 3.73. The number of aromatic nitrogens is 1. The van der Waals surface area contributed by atoms with Gasteiger partial charge in [-0.1, -0.05) is 17.7 Å². The highest BCUT2D eigenvalue weighted by atomic mass is 19.4. The molecule has 0 aliphatic carbocycles. The number of methoxy groups -OCH3 is 1. The molecule has 0 N–H and O–H groups in total. The van der Waals surface area contributed by atoms with Crippen LogP contribution in [0.1, 0.15) is 11.3 Å². The van der Waals surface area contributed by atoms with Gasteiger partial charge in [-0.25, -0.2) is 4.98 Å². The van der Waals surface area contributed by atoms with E-state index in [-0.39, 0.29) is 5.89 Å². The summed E-state index contributed by atoms with van der Waals surface area (Å²) in [5.41, 5.74) is 0.225. The highest BCUT2D eigenvalue weighted by Gasteiger charge is 2.40. The molecule has 0 bridgehead atoms. The van der Waals surface area contributed by atoms with E-state index < -0.39 is 17.8 Å². The fourth-order valence-electron chi connectivity index (χ4n) is 1.53. The molecule has 0 unspecified atom stereocenters. The number of ether oxygens (including phenoxy) is 1. The molecule has 1 aromatic heterocycles. The molecule has 0 fully saturated rings. The Balaban J connectivity index is 2.51. The first kappa shape index (κ1) is 12.5. The predicted octanol–water partition coefficient (Wildman–Crippen LogP) is 3.68.